The van der Waals surface area contributed by atoms with Gasteiger partial charge < -0.3 is 10.6 Å². The highest BCUT2D eigenvalue weighted by molar-refractivity contribution is 5.78. The van der Waals surface area contributed by atoms with Crippen molar-refractivity contribution in [3.05, 3.63) is 24.0 Å². The number of carbonyl (C=O) groups is 1. The van der Waals surface area contributed by atoms with Gasteiger partial charge in [-0.15, -0.1) is 0 Å². The molecule has 16 heavy (non-hydrogen) atoms. The first-order valence-electron chi connectivity index (χ1n) is 5.11. The van der Waals surface area contributed by atoms with Crippen LogP contribution < -0.4 is 10.6 Å². The van der Waals surface area contributed by atoms with Gasteiger partial charge in [-0.05, 0) is 18.6 Å². The number of rotatable bonds is 2. The minimum Gasteiger partial charge on any atom is -0.371 e. The lowest BCUT2D eigenvalue weighted by molar-refractivity contribution is -0.121. The molecule has 1 fully saturated rings. The van der Waals surface area contributed by atoms with E-state index in [-0.39, 0.29) is 11.8 Å². The Morgan fingerprint density at radius 1 is 1.69 bits per heavy atom. The fourth-order valence-corrected chi connectivity index (χ4v) is 1.90. The first-order valence-corrected chi connectivity index (χ1v) is 5.11. The van der Waals surface area contributed by atoms with Gasteiger partial charge in [-0.3, -0.25) is 4.79 Å². The zero-order chi connectivity index (χ0) is 11.5. The van der Waals surface area contributed by atoms with Gasteiger partial charge in [0.25, 0.3) is 0 Å². The molecule has 1 amide bonds. The van der Waals surface area contributed by atoms with Gasteiger partial charge in [0.05, 0.1) is 5.92 Å². The van der Waals surface area contributed by atoms with E-state index in [0.29, 0.717) is 12.2 Å². The fourth-order valence-electron chi connectivity index (χ4n) is 1.90. The summed E-state index contributed by atoms with van der Waals surface area (Å²) in [6, 6.07) is 5.56. The lowest BCUT2D eigenvalue weighted by atomic mass is 10.1. The summed E-state index contributed by atoms with van der Waals surface area (Å²) in [5.41, 5.74) is 6.58. The van der Waals surface area contributed by atoms with Crippen LogP contribution >= 0.6 is 0 Å². The Morgan fingerprint density at radius 3 is 3.12 bits per heavy atom. The second-order valence-corrected chi connectivity index (χ2v) is 3.85. The van der Waals surface area contributed by atoms with Crippen molar-refractivity contribution in [2.75, 3.05) is 18.0 Å². The van der Waals surface area contributed by atoms with Crippen LogP contribution in [0.15, 0.2) is 18.3 Å². The number of nitrogens with zero attached hydrogens (tertiary/aromatic N) is 3. The molecule has 1 atom stereocenters. The van der Waals surface area contributed by atoms with Crippen molar-refractivity contribution in [2.24, 2.45) is 11.7 Å². The number of carbonyl (C=O) groups excluding carboxylic acids is 1. The molecule has 5 nitrogen and oxygen atoms in total. The second-order valence-electron chi connectivity index (χ2n) is 3.85. The smallest absolute Gasteiger partial charge is 0.222 e. The predicted octanol–water partition coefficient (Wildman–Crippen LogP) is 0.265. The maximum absolute atomic E-state index is 11.0. The van der Waals surface area contributed by atoms with Crippen molar-refractivity contribution in [3.63, 3.8) is 0 Å². The Hall–Kier alpha value is -2.09. The number of pyridine rings is 1. The van der Waals surface area contributed by atoms with Crippen LogP contribution in [0.3, 0.4) is 0 Å². The predicted molar refractivity (Wildman–Crippen MR) is 58.5 cm³/mol. The molecule has 1 aliphatic rings. The lowest BCUT2D eigenvalue weighted by Gasteiger charge is -2.17. The van der Waals surface area contributed by atoms with Crippen molar-refractivity contribution >= 4 is 11.6 Å². The maximum Gasteiger partial charge on any atom is 0.222 e. The van der Waals surface area contributed by atoms with Crippen LogP contribution in [-0.2, 0) is 4.79 Å². The summed E-state index contributed by atoms with van der Waals surface area (Å²) in [5.74, 6) is -0.337. The molecule has 1 aromatic rings. The maximum atomic E-state index is 11.0. The molecule has 5 heteroatoms. The van der Waals surface area contributed by atoms with Gasteiger partial charge in [0, 0.05) is 25.0 Å². The molecule has 1 aromatic heterocycles. The SMILES string of the molecule is N#Cc1cc(N2CCC(C(N)=O)C2)ccn1. The van der Waals surface area contributed by atoms with Gasteiger partial charge in [0.15, 0.2) is 0 Å². The van der Waals surface area contributed by atoms with E-state index >= 15 is 0 Å². The molecule has 1 unspecified atom stereocenters. The first-order chi connectivity index (χ1) is 7.70. The van der Waals surface area contributed by atoms with Crippen molar-refractivity contribution < 1.29 is 4.79 Å². The molecule has 0 radical (unpaired) electrons. The Bertz CT molecular complexity index is 452. The normalized spacial score (nSPS) is 19.4. The zero-order valence-corrected chi connectivity index (χ0v) is 8.76. The molecule has 2 heterocycles. The fraction of sp³-hybridized carbons (Fsp3) is 0.364. The van der Waals surface area contributed by atoms with Gasteiger partial charge in [-0.25, -0.2) is 4.98 Å². The average Bonchev–Trinajstić information content (AvgIpc) is 2.78. The molecular formula is C11H12N4O. The van der Waals surface area contributed by atoms with Crippen molar-refractivity contribution in [1.29, 1.82) is 5.26 Å². The molecule has 0 bridgehead atoms. The minimum absolute atomic E-state index is 0.0845. The third kappa shape index (κ3) is 1.96. The minimum atomic E-state index is -0.253. The molecule has 1 aliphatic heterocycles. The molecule has 0 saturated carbocycles. The van der Waals surface area contributed by atoms with Crippen LogP contribution in [0.4, 0.5) is 5.69 Å². The summed E-state index contributed by atoms with van der Waals surface area (Å²) < 4.78 is 0. The third-order valence-electron chi connectivity index (χ3n) is 2.81. The molecule has 82 valence electrons. The van der Waals surface area contributed by atoms with Crippen molar-refractivity contribution in [2.45, 2.75) is 6.42 Å². The molecular weight excluding hydrogens is 204 g/mol. The summed E-state index contributed by atoms with van der Waals surface area (Å²) in [7, 11) is 0. The van der Waals surface area contributed by atoms with Gasteiger partial charge in [0.2, 0.25) is 5.91 Å². The van der Waals surface area contributed by atoms with Crippen molar-refractivity contribution in [1.82, 2.24) is 4.98 Å². The number of amides is 1. The molecule has 0 spiro atoms. The Labute approximate surface area is 93.5 Å². The van der Waals surface area contributed by atoms with Gasteiger partial charge >= 0.3 is 0 Å². The van der Waals surface area contributed by atoms with Crippen molar-refractivity contribution in [3.8, 4) is 6.07 Å². The van der Waals surface area contributed by atoms with Crippen LogP contribution in [0.25, 0.3) is 0 Å². The van der Waals surface area contributed by atoms with Gasteiger partial charge in [0.1, 0.15) is 11.8 Å². The standard InChI is InChI=1S/C11H12N4O/c12-6-9-5-10(1-3-14-9)15-4-2-8(7-15)11(13)16/h1,3,5,8H,2,4,7H2,(H2,13,16). The van der Waals surface area contributed by atoms with E-state index in [1.54, 1.807) is 12.3 Å². The largest absolute Gasteiger partial charge is 0.371 e. The number of nitrogens with two attached hydrogens (primary N) is 1. The molecule has 2 rings (SSSR count). The number of nitriles is 1. The van der Waals surface area contributed by atoms with E-state index in [2.05, 4.69) is 9.88 Å². The summed E-state index contributed by atoms with van der Waals surface area (Å²) >= 11 is 0. The van der Waals surface area contributed by atoms with Crippen LogP contribution in [0.1, 0.15) is 12.1 Å². The van der Waals surface area contributed by atoms with E-state index in [1.807, 2.05) is 12.1 Å². The lowest BCUT2D eigenvalue weighted by Crippen LogP contribution is -2.27. The molecule has 0 aliphatic carbocycles. The molecule has 0 aromatic carbocycles. The van der Waals surface area contributed by atoms with Crippen LogP contribution in [0.2, 0.25) is 0 Å². The summed E-state index contributed by atoms with van der Waals surface area (Å²) in [4.78, 5) is 17.0. The highest BCUT2D eigenvalue weighted by Gasteiger charge is 2.26. The number of anilines is 1. The van der Waals surface area contributed by atoms with Gasteiger partial charge in [-0.2, -0.15) is 5.26 Å². The summed E-state index contributed by atoms with van der Waals surface area (Å²) in [5, 5.41) is 8.74. The number of hydrogen-bond acceptors (Lipinski definition) is 4. The van der Waals surface area contributed by atoms with Crippen LogP contribution in [0, 0.1) is 17.2 Å². The summed E-state index contributed by atoms with van der Waals surface area (Å²) in [6.45, 7) is 1.42. The quantitative estimate of drug-likeness (QED) is 0.768. The Morgan fingerprint density at radius 2 is 2.50 bits per heavy atom. The molecule has 2 N–H and O–H groups in total. The second kappa shape index (κ2) is 4.19. The van der Waals surface area contributed by atoms with E-state index in [1.165, 1.54) is 0 Å². The topological polar surface area (TPSA) is 83.0 Å². The first kappa shape index (κ1) is 10.4. The Kier molecular flexibility index (Phi) is 2.73. The van der Waals surface area contributed by atoms with Crippen LogP contribution in [0.5, 0.6) is 0 Å². The van der Waals surface area contributed by atoms with E-state index < -0.39 is 0 Å². The van der Waals surface area contributed by atoms with E-state index in [9.17, 15) is 4.79 Å². The van der Waals surface area contributed by atoms with Gasteiger partial charge in [-0.1, -0.05) is 0 Å². The highest BCUT2D eigenvalue weighted by atomic mass is 16.1. The number of hydrogen-bond donors (Lipinski definition) is 1. The van der Waals surface area contributed by atoms with E-state index in [4.69, 9.17) is 11.0 Å². The Balaban J connectivity index is 2.14. The number of aromatic nitrogens is 1. The molecule has 1 saturated heterocycles. The zero-order valence-electron chi connectivity index (χ0n) is 8.76. The third-order valence-corrected chi connectivity index (χ3v) is 2.81. The van der Waals surface area contributed by atoms with Crippen LogP contribution in [-0.4, -0.2) is 24.0 Å². The highest BCUT2D eigenvalue weighted by Crippen LogP contribution is 2.23. The monoisotopic (exact) mass is 216 g/mol. The summed E-state index contributed by atoms with van der Waals surface area (Å²) in [6.07, 6.45) is 2.38. The average molecular weight is 216 g/mol. The number of primary amides is 1. The van der Waals surface area contributed by atoms with E-state index in [0.717, 1.165) is 18.7 Å².